The highest BCUT2D eigenvalue weighted by Gasteiger charge is 2.21. The lowest BCUT2D eigenvalue weighted by Gasteiger charge is -2.18. The maximum Gasteiger partial charge on any atom is 0.254 e. The van der Waals surface area contributed by atoms with Gasteiger partial charge in [0.1, 0.15) is 5.82 Å². The summed E-state index contributed by atoms with van der Waals surface area (Å²) in [5.74, 6) is -1.95. The molecule has 2 rings (SSSR count). The predicted molar refractivity (Wildman–Crippen MR) is 102 cm³/mol. The third-order valence-electron chi connectivity index (χ3n) is 3.61. The molecule has 0 radical (unpaired) electrons. The van der Waals surface area contributed by atoms with Gasteiger partial charge in [-0.1, -0.05) is 39.0 Å². The van der Waals surface area contributed by atoms with Crippen LogP contribution in [0.5, 0.6) is 0 Å². The molecule has 0 heterocycles. The minimum atomic E-state index is -0.672. The summed E-state index contributed by atoms with van der Waals surface area (Å²) in [6.45, 7) is 5.08. The van der Waals surface area contributed by atoms with Gasteiger partial charge in [-0.2, -0.15) is 0 Å². The Morgan fingerprint density at radius 1 is 0.926 bits per heavy atom. The number of rotatable bonds is 5. The SMILES string of the molecule is CC(C)(C)C(=O)Nc1cccc(NC(=O)CNC(=O)c2ccccc2F)c1. The maximum atomic E-state index is 13.5. The van der Waals surface area contributed by atoms with Gasteiger partial charge in [0, 0.05) is 16.8 Å². The van der Waals surface area contributed by atoms with Crippen LogP contribution in [0.1, 0.15) is 31.1 Å². The van der Waals surface area contributed by atoms with Crippen LogP contribution in [-0.4, -0.2) is 24.3 Å². The fraction of sp³-hybridized carbons (Fsp3) is 0.250. The molecule has 6 nitrogen and oxygen atoms in total. The van der Waals surface area contributed by atoms with Crippen molar-refractivity contribution in [3.05, 3.63) is 59.9 Å². The summed E-state index contributed by atoms with van der Waals surface area (Å²) in [5, 5.41) is 7.75. The molecule has 3 N–H and O–H groups in total. The van der Waals surface area contributed by atoms with Crippen LogP contribution in [0.15, 0.2) is 48.5 Å². The van der Waals surface area contributed by atoms with Crippen molar-refractivity contribution in [2.75, 3.05) is 17.2 Å². The van der Waals surface area contributed by atoms with Crippen molar-refractivity contribution in [3.63, 3.8) is 0 Å². The molecule has 0 spiro atoms. The van der Waals surface area contributed by atoms with Crippen molar-refractivity contribution in [1.82, 2.24) is 5.32 Å². The molecular formula is C20H22FN3O3. The van der Waals surface area contributed by atoms with Crippen LogP contribution >= 0.6 is 0 Å². The Kier molecular flexibility index (Phi) is 6.28. The molecule has 0 bridgehead atoms. The summed E-state index contributed by atoms with van der Waals surface area (Å²) in [5.41, 5.74) is 0.336. The molecule has 0 aliphatic carbocycles. The van der Waals surface area contributed by atoms with E-state index in [2.05, 4.69) is 16.0 Å². The van der Waals surface area contributed by atoms with Crippen molar-refractivity contribution >= 4 is 29.1 Å². The van der Waals surface area contributed by atoms with Gasteiger partial charge in [0.2, 0.25) is 11.8 Å². The summed E-state index contributed by atoms with van der Waals surface area (Å²) < 4.78 is 13.5. The number of carbonyl (C=O) groups is 3. The molecule has 142 valence electrons. The van der Waals surface area contributed by atoms with Crippen LogP contribution in [0.2, 0.25) is 0 Å². The third-order valence-corrected chi connectivity index (χ3v) is 3.61. The quantitative estimate of drug-likeness (QED) is 0.754. The van der Waals surface area contributed by atoms with Gasteiger partial charge in [0.25, 0.3) is 5.91 Å². The Hall–Kier alpha value is -3.22. The van der Waals surface area contributed by atoms with E-state index in [-0.39, 0.29) is 18.0 Å². The number of benzene rings is 2. The first-order valence-corrected chi connectivity index (χ1v) is 8.41. The van der Waals surface area contributed by atoms with Gasteiger partial charge in [0.15, 0.2) is 0 Å². The Morgan fingerprint density at radius 3 is 2.19 bits per heavy atom. The average Bonchev–Trinajstić information content (AvgIpc) is 2.59. The van der Waals surface area contributed by atoms with E-state index in [4.69, 9.17) is 0 Å². The molecule has 0 atom stereocenters. The van der Waals surface area contributed by atoms with Crippen molar-refractivity contribution in [3.8, 4) is 0 Å². The molecule has 0 saturated heterocycles. The summed E-state index contributed by atoms with van der Waals surface area (Å²) in [6, 6.07) is 12.2. The first-order valence-electron chi connectivity index (χ1n) is 8.41. The Labute approximate surface area is 157 Å². The fourth-order valence-electron chi connectivity index (χ4n) is 2.10. The van der Waals surface area contributed by atoms with Gasteiger partial charge in [-0.05, 0) is 30.3 Å². The standard InChI is InChI=1S/C20H22FN3O3/c1-20(2,3)19(27)24-14-8-6-7-13(11-14)23-17(25)12-22-18(26)15-9-4-5-10-16(15)21/h4-11H,12H2,1-3H3,(H,22,26)(H,23,25)(H,24,27). The van der Waals surface area contributed by atoms with Crippen molar-refractivity contribution < 1.29 is 18.8 Å². The molecule has 3 amide bonds. The molecule has 0 fully saturated rings. The predicted octanol–water partition coefficient (Wildman–Crippen LogP) is 3.18. The van der Waals surface area contributed by atoms with Gasteiger partial charge in [-0.25, -0.2) is 4.39 Å². The lowest BCUT2D eigenvalue weighted by Crippen LogP contribution is -2.33. The maximum absolute atomic E-state index is 13.5. The van der Waals surface area contributed by atoms with E-state index in [0.717, 1.165) is 0 Å². The number of anilines is 2. The van der Waals surface area contributed by atoms with E-state index < -0.39 is 23.0 Å². The zero-order chi connectivity index (χ0) is 20.0. The zero-order valence-electron chi connectivity index (χ0n) is 15.4. The largest absolute Gasteiger partial charge is 0.343 e. The molecule has 27 heavy (non-hydrogen) atoms. The fourth-order valence-corrected chi connectivity index (χ4v) is 2.10. The third kappa shape index (κ3) is 5.91. The van der Waals surface area contributed by atoms with E-state index in [1.54, 1.807) is 45.0 Å². The van der Waals surface area contributed by atoms with E-state index in [1.807, 2.05) is 0 Å². The lowest BCUT2D eigenvalue weighted by molar-refractivity contribution is -0.123. The number of nitrogens with one attached hydrogen (secondary N) is 3. The van der Waals surface area contributed by atoms with Crippen molar-refractivity contribution in [2.45, 2.75) is 20.8 Å². The van der Waals surface area contributed by atoms with E-state index >= 15 is 0 Å². The van der Waals surface area contributed by atoms with Crippen molar-refractivity contribution in [1.29, 1.82) is 0 Å². The number of halogens is 1. The smallest absolute Gasteiger partial charge is 0.254 e. The summed E-state index contributed by atoms with van der Waals surface area (Å²) in [6.07, 6.45) is 0. The zero-order valence-corrected chi connectivity index (χ0v) is 15.4. The van der Waals surface area contributed by atoms with Crippen LogP contribution in [0.3, 0.4) is 0 Å². The molecule has 2 aromatic carbocycles. The highest BCUT2D eigenvalue weighted by atomic mass is 19.1. The van der Waals surface area contributed by atoms with Crippen LogP contribution in [-0.2, 0) is 9.59 Å². The Bertz CT molecular complexity index is 860. The molecule has 0 saturated carbocycles. The molecule has 0 unspecified atom stereocenters. The summed E-state index contributed by atoms with van der Waals surface area (Å²) in [4.78, 5) is 36.0. The Balaban J connectivity index is 1.92. The van der Waals surface area contributed by atoms with Gasteiger partial charge in [-0.15, -0.1) is 0 Å². The molecule has 7 heteroatoms. The lowest BCUT2D eigenvalue weighted by atomic mass is 9.95. The second kappa shape index (κ2) is 8.44. The normalized spacial score (nSPS) is 10.8. The number of amides is 3. The first kappa shape index (κ1) is 20.1. The molecule has 0 aliphatic rings. The van der Waals surface area contributed by atoms with Gasteiger partial charge >= 0.3 is 0 Å². The van der Waals surface area contributed by atoms with Crippen molar-refractivity contribution in [2.24, 2.45) is 5.41 Å². The summed E-state index contributed by atoms with van der Waals surface area (Å²) in [7, 11) is 0. The molecule has 0 aliphatic heterocycles. The highest BCUT2D eigenvalue weighted by molar-refractivity contribution is 6.00. The topological polar surface area (TPSA) is 87.3 Å². The van der Waals surface area contributed by atoms with E-state index in [0.29, 0.717) is 11.4 Å². The minimum absolute atomic E-state index is 0.128. The average molecular weight is 371 g/mol. The second-order valence-electron chi connectivity index (χ2n) is 7.00. The number of hydrogen-bond donors (Lipinski definition) is 3. The van der Waals surface area contributed by atoms with E-state index in [1.165, 1.54) is 24.3 Å². The highest BCUT2D eigenvalue weighted by Crippen LogP contribution is 2.20. The number of hydrogen-bond acceptors (Lipinski definition) is 3. The monoisotopic (exact) mass is 371 g/mol. The van der Waals surface area contributed by atoms with Crippen LogP contribution in [0, 0.1) is 11.2 Å². The number of carbonyl (C=O) groups excluding carboxylic acids is 3. The molecule has 0 aromatic heterocycles. The van der Waals surface area contributed by atoms with Crippen LogP contribution in [0.25, 0.3) is 0 Å². The van der Waals surface area contributed by atoms with Gasteiger partial charge in [0.05, 0.1) is 12.1 Å². The summed E-state index contributed by atoms with van der Waals surface area (Å²) >= 11 is 0. The minimum Gasteiger partial charge on any atom is -0.343 e. The van der Waals surface area contributed by atoms with Crippen LogP contribution in [0.4, 0.5) is 15.8 Å². The first-order chi connectivity index (χ1) is 12.7. The molecular weight excluding hydrogens is 349 g/mol. The second-order valence-corrected chi connectivity index (χ2v) is 7.00. The molecule has 2 aromatic rings. The van der Waals surface area contributed by atoms with E-state index in [9.17, 15) is 18.8 Å². The van der Waals surface area contributed by atoms with Gasteiger partial charge < -0.3 is 16.0 Å². The van der Waals surface area contributed by atoms with Gasteiger partial charge in [-0.3, -0.25) is 14.4 Å². The van der Waals surface area contributed by atoms with Crippen LogP contribution < -0.4 is 16.0 Å². The Morgan fingerprint density at radius 2 is 1.56 bits per heavy atom.